The molecule has 130 valence electrons. The number of hydrogen-bond acceptors (Lipinski definition) is 4. The van der Waals surface area contributed by atoms with Crippen LogP contribution in [-0.4, -0.2) is 30.7 Å². The Balaban J connectivity index is 1.45. The zero-order valence-corrected chi connectivity index (χ0v) is 14.3. The normalized spacial score (nSPS) is 11.0. The molecule has 0 saturated heterocycles. The number of nitrogens with zero attached hydrogens (tertiary/aromatic N) is 5. The molecule has 2 aromatic carbocycles. The molecular formula is C19H18N6O. The Hall–Kier alpha value is -3.48. The van der Waals surface area contributed by atoms with Gasteiger partial charge in [-0.05, 0) is 37.3 Å². The van der Waals surface area contributed by atoms with Gasteiger partial charge in [0.05, 0.1) is 17.4 Å². The van der Waals surface area contributed by atoms with Crippen molar-refractivity contribution in [2.24, 2.45) is 0 Å². The first kappa shape index (κ1) is 16.0. The van der Waals surface area contributed by atoms with Crippen molar-refractivity contribution in [2.45, 2.75) is 20.0 Å². The Bertz CT molecular complexity index is 1050. The highest BCUT2D eigenvalue weighted by atomic mass is 16.1. The van der Waals surface area contributed by atoms with E-state index in [1.165, 1.54) is 0 Å². The van der Waals surface area contributed by atoms with Crippen LogP contribution in [-0.2, 0) is 13.1 Å². The lowest BCUT2D eigenvalue weighted by molar-refractivity contribution is 0.0951. The van der Waals surface area contributed by atoms with Crippen molar-refractivity contribution in [3.05, 3.63) is 72.1 Å². The van der Waals surface area contributed by atoms with E-state index < -0.39 is 0 Å². The molecule has 0 unspecified atom stereocenters. The van der Waals surface area contributed by atoms with Crippen LogP contribution in [0.25, 0.3) is 16.7 Å². The molecule has 2 heterocycles. The summed E-state index contributed by atoms with van der Waals surface area (Å²) in [5.74, 6) is -0.148. The Morgan fingerprint density at radius 3 is 2.81 bits per heavy atom. The fraction of sp³-hybridized carbons (Fsp3) is 0.158. The number of aryl methyl sites for hydroxylation is 1. The minimum absolute atomic E-state index is 0.148. The molecule has 7 nitrogen and oxygen atoms in total. The minimum atomic E-state index is -0.148. The average Bonchev–Trinajstić information content (AvgIpc) is 3.33. The number of nitrogens with one attached hydrogen (secondary N) is 1. The Morgan fingerprint density at radius 2 is 2.00 bits per heavy atom. The van der Waals surface area contributed by atoms with Crippen molar-refractivity contribution in [3.8, 4) is 5.69 Å². The second-order valence-electron chi connectivity index (χ2n) is 5.92. The molecule has 0 aliphatic carbocycles. The third-order valence-electron chi connectivity index (χ3n) is 4.19. The van der Waals surface area contributed by atoms with Crippen molar-refractivity contribution in [1.82, 2.24) is 30.1 Å². The maximum atomic E-state index is 12.4. The van der Waals surface area contributed by atoms with E-state index >= 15 is 0 Å². The van der Waals surface area contributed by atoms with Gasteiger partial charge in [-0.3, -0.25) is 4.79 Å². The maximum Gasteiger partial charge on any atom is 0.251 e. The van der Waals surface area contributed by atoms with E-state index in [2.05, 4.69) is 20.7 Å². The molecule has 4 rings (SSSR count). The van der Waals surface area contributed by atoms with Gasteiger partial charge in [0.15, 0.2) is 0 Å². The van der Waals surface area contributed by atoms with Gasteiger partial charge in [-0.2, -0.15) is 5.10 Å². The number of benzene rings is 2. The molecule has 0 radical (unpaired) electrons. The molecule has 0 spiro atoms. The van der Waals surface area contributed by atoms with Crippen LogP contribution < -0.4 is 5.32 Å². The predicted molar refractivity (Wildman–Crippen MR) is 97.9 cm³/mol. The number of amides is 1. The van der Waals surface area contributed by atoms with Crippen LogP contribution in [0.1, 0.15) is 22.8 Å². The molecule has 0 atom stereocenters. The SMILES string of the molecule is CCn1nnc2cc(C(=O)NCc3cnn(-c4ccccc4)c3)ccc21. The summed E-state index contributed by atoms with van der Waals surface area (Å²) in [5.41, 5.74) is 4.12. The van der Waals surface area contributed by atoms with Gasteiger partial charge >= 0.3 is 0 Å². The highest BCUT2D eigenvalue weighted by molar-refractivity contribution is 5.97. The second-order valence-corrected chi connectivity index (χ2v) is 5.92. The maximum absolute atomic E-state index is 12.4. The number of carbonyl (C=O) groups is 1. The van der Waals surface area contributed by atoms with Gasteiger partial charge in [-0.1, -0.05) is 23.4 Å². The van der Waals surface area contributed by atoms with Gasteiger partial charge in [0.1, 0.15) is 5.52 Å². The summed E-state index contributed by atoms with van der Waals surface area (Å²) in [6, 6.07) is 15.3. The Labute approximate surface area is 150 Å². The van der Waals surface area contributed by atoms with E-state index in [1.54, 1.807) is 27.7 Å². The number of aromatic nitrogens is 5. The fourth-order valence-corrected chi connectivity index (χ4v) is 2.80. The molecule has 1 amide bonds. The Morgan fingerprint density at radius 1 is 1.15 bits per heavy atom. The molecule has 0 saturated carbocycles. The molecule has 4 aromatic rings. The molecule has 0 aliphatic rings. The van der Waals surface area contributed by atoms with Crippen molar-refractivity contribution < 1.29 is 4.79 Å². The zero-order valence-electron chi connectivity index (χ0n) is 14.3. The lowest BCUT2D eigenvalue weighted by Gasteiger charge is -2.04. The van der Waals surface area contributed by atoms with Gasteiger partial charge in [0.2, 0.25) is 0 Å². The number of para-hydroxylation sites is 1. The summed E-state index contributed by atoms with van der Waals surface area (Å²) in [5, 5.41) is 15.4. The number of fused-ring (bicyclic) bond motifs is 1. The van der Waals surface area contributed by atoms with Crippen molar-refractivity contribution in [1.29, 1.82) is 0 Å². The highest BCUT2D eigenvalue weighted by Gasteiger charge is 2.10. The number of carbonyl (C=O) groups excluding carboxylic acids is 1. The predicted octanol–water partition coefficient (Wildman–Crippen LogP) is 2.57. The summed E-state index contributed by atoms with van der Waals surface area (Å²) < 4.78 is 3.59. The smallest absolute Gasteiger partial charge is 0.251 e. The van der Waals surface area contributed by atoms with E-state index in [-0.39, 0.29) is 5.91 Å². The summed E-state index contributed by atoms with van der Waals surface area (Å²) in [6.45, 7) is 3.16. The largest absolute Gasteiger partial charge is 0.348 e. The van der Waals surface area contributed by atoms with Crippen LogP contribution in [0.2, 0.25) is 0 Å². The van der Waals surface area contributed by atoms with E-state index in [9.17, 15) is 4.79 Å². The van der Waals surface area contributed by atoms with Gasteiger partial charge in [0.25, 0.3) is 5.91 Å². The lowest BCUT2D eigenvalue weighted by Crippen LogP contribution is -2.22. The third kappa shape index (κ3) is 3.06. The molecular weight excluding hydrogens is 328 g/mol. The molecule has 0 aliphatic heterocycles. The minimum Gasteiger partial charge on any atom is -0.348 e. The average molecular weight is 346 g/mol. The molecule has 0 bridgehead atoms. The quantitative estimate of drug-likeness (QED) is 0.602. The first-order valence-corrected chi connectivity index (χ1v) is 8.45. The van der Waals surface area contributed by atoms with Gasteiger partial charge in [0, 0.05) is 30.4 Å². The monoisotopic (exact) mass is 346 g/mol. The lowest BCUT2D eigenvalue weighted by atomic mass is 10.2. The molecule has 0 fully saturated rings. The standard InChI is InChI=1S/C19H18N6O/c1-2-24-18-9-8-15(10-17(18)22-23-24)19(26)20-11-14-12-21-25(13-14)16-6-4-3-5-7-16/h3-10,12-13H,2,11H2,1H3,(H,20,26). The van der Waals surface area contributed by atoms with Crippen LogP contribution >= 0.6 is 0 Å². The third-order valence-corrected chi connectivity index (χ3v) is 4.19. The zero-order chi connectivity index (χ0) is 17.9. The topological polar surface area (TPSA) is 77.6 Å². The van der Waals surface area contributed by atoms with Gasteiger partial charge < -0.3 is 5.32 Å². The summed E-state index contributed by atoms with van der Waals surface area (Å²) in [7, 11) is 0. The van der Waals surface area contributed by atoms with Gasteiger partial charge in [-0.25, -0.2) is 9.36 Å². The summed E-state index contributed by atoms with van der Waals surface area (Å²) >= 11 is 0. The van der Waals surface area contributed by atoms with Gasteiger partial charge in [-0.15, -0.1) is 5.10 Å². The first-order chi connectivity index (χ1) is 12.7. The van der Waals surface area contributed by atoms with E-state index in [4.69, 9.17) is 0 Å². The van der Waals surface area contributed by atoms with Crippen LogP contribution in [0.5, 0.6) is 0 Å². The number of rotatable bonds is 5. The molecule has 1 N–H and O–H groups in total. The second kappa shape index (κ2) is 6.79. The summed E-state index contributed by atoms with van der Waals surface area (Å²) in [4.78, 5) is 12.4. The number of hydrogen-bond donors (Lipinski definition) is 1. The van der Waals surface area contributed by atoms with E-state index in [1.807, 2.05) is 49.5 Å². The van der Waals surface area contributed by atoms with Crippen LogP contribution in [0.15, 0.2) is 60.9 Å². The molecule has 2 aromatic heterocycles. The fourth-order valence-electron chi connectivity index (χ4n) is 2.80. The first-order valence-electron chi connectivity index (χ1n) is 8.45. The molecule has 7 heteroatoms. The van der Waals surface area contributed by atoms with E-state index in [0.29, 0.717) is 12.1 Å². The van der Waals surface area contributed by atoms with Crippen molar-refractivity contribution in [2.75, 3.05) is 0 Å². The Kier molecular flexibility index (Phi) is 4.18. The van der Waals surface area contributed by atoms with Crippen molar-refractivity contribution in [3.63, 3.8) is 0 Å². The molecule has 26 heavy (non-hydrogen) atoms. The van der Waals surface area contributed by atoms with Crippen LogP contribution in [0.4, 0.5) is 0 Å². The van der Waals surface area contributed by atoms with Crippen LogP contribution in [0, 0.1) is 0 Å². The summed E-state index contributed by atoms with van der Waals surface area (Å²) in [6.07, 6.45) is 3.66. The highest BCUT2D eigenvalue weighted by Crippen LogP contribution is 2.14. The van der Waals surface area contributed by atoms with E-state index in [0.717, 1.165) is 28.8 Å². The van der Waals surface area contributed by atoms with Crippen LogP contribution in [0.3, 0.4) is 0 Å². The van der Waals surface area contributed by atoms with Crippen molar-refractivity contribution >= 4 is 16.9 Å².